The zero-order valence-electron chi connectivity index (χ0n) is 10.4. The van der Waals surface area contributed by atoms with Crippen LogP contribution in [0.15, 0.2) is 29.2 Å². The molecule has 1 saturated heterocycles. The van der Waals surface area contributed by atoms with Crippen molar-refractivity contribution in [3.63, 3.8) is 0 Å². The summed E-state index contributed by atoms with van der Waals surface area (Å²) in [6.45, 7) is -0.770. The first-order chi connectivity index (χ1) is 9.89. The maximum Gasteiger partial charge on any atom is 0.365 e. The van der Waals surface area contributed by atoms with Gasteiger partial charge in [0.1, 0.15) is 6.04 Å². The van der Waals surface area contributed by atoms with Gasteiger partial charge < -0.3 is 0 Å². The molecule has 0 N–H and O–H groups in total. The SMILES string of the molecule is O=[N+]([O-])c1ccc(S(=O)(=O)N2CC2C(F)(F)C(F)(F)Br)cc1. The molecular formula is C10H7BrF4N2O4S. The lowest BCUT2D eigenvalue weighted by molar-refractivity contribution is -0.384. The van der Waals surface area contributed by atoms with E-state index in [1.807, 2.05) is 0 Å². The molecule has 0 spiro atoms. The van der Waals surface area contributed by atoms with Gasteiger partial charge in [0, 0.05) is 18.7 Å². The summed E-state index contributed by atoms with van der Waals surface area (Å²) >= 11 is 1.54. The van der Waals surface area contributed by atoms with Crippen LogP contribution < -0.4 is 0 Å². The van der Waals surface area contributed by atoms with Crippen LogP contribution in [0.1, 0.15) is 0 Å². The van der Waals surface area contributed by atoms with Crippen molar-refractivity contribution in [1.82, 2.24) is 4.31 Å². The van der Waals surface area contributed by atoms with E-state index in [2.05, 4.69) is 0 Å². The highest BCUT2D eigenvalue weighted by molar-refractivity contribution is 9.10. The normalized spacial score (nSPS) is 22.4. The molecule has 0 aromatic heterocycles. The Morgan fingerprint density at radius 1 is 1.23 bits per heavy atom. The van der Waals surface area contributed by atoms with Crippen LogP contribution in [0.25, 0.3) is 0 Å². The molecule has 1 fully saturated rings. The van der Waals surface area contributed by atoms with Gasteiger partial charge in [-0.3, -0.25) is 10.1 Å². The van der Waals surface area contributed by atoms with Crippen molar-refractivity contribution in [1.29, 1.82) is 0 Å². The molecule has 1 aliphatic heterocycles. The fourth-order valence-electron chi connectivity index (χ4n) is 1.75. The lowest BCUT2D eigenvalue weighted by atomic mass is 10.2. The predicted octanol–water partition coefficient (Wildman–Crippen LogP) is 2.59. The number of sulfonamides is 1. The second-order valence-electron chi connectivity index (χ2n) is 4.46. The summed E-state index contributed by atoms with van der Waals surface area (Å²) in [6, 6.07) is 1.29. The molecule has 0 saturated carbocycles. The molecule has 2 atom stereocenters. The molecule has 0 amide bonds. The highest BCUT2D eigenvalue weighted by Gasteiger charge is 2.69. The molecule has 122 valence electrons. The van der Waals surface area contributed by atoms with Crippen molar-refractivity contribution >= 4 is 31.6 Å². The summed E-state index contributed by atoms with van der Waals surface area (Å²) in [7, 11) is -4.42. The van der Waals surface area contributed by atoms with Gasteiger partial charge in [-0.05, 0) is 28.1 Å². The lowest BCUT2D eigenvalue weighted by Crippen LogP contribution is -2.42. The molecule has 22 heavy (non-hydrogen) atoms. The molecule has 0 bridgehead atoms. The van der Waals surface area contributed by atoms with Crippen LogP contribution in [0.5, 0.6) is 0 Å². The Kier molecular flexibility index (Phi) is 3.99. The summed E-state index contributed by atoms with van der Waals surface area (Å²) < 4.78 is 76.6. The standard InChI is InChI=1S/C10H7BrF4N2O4S/c11-10(14,15)9(12,13)8-5-16(8)22(20,21)7-3-1-6(2-4-7)17(18)19/h1-4,8H,5H2. The first kappa shape index (κ1) is 17.1. The van der Waals surface area contributed by atoms with Crippen molar-refractivity contribution in [3.05, 3.63) is 34.4 Å². The summed E-state index contributed by atoms with van der Waals surface area (Å²) in [4.78, 5) is 4.65. The molecule has 0 aliphatic carbocycles. The van der Waals surface area contributed by atoms with Crippen LogP contribution in [0.2, 0.25) is 0 Å². The van der Waals surface area contributed by atoms with E-state index < -0.39 is 48.9 Å². The number of nitro groups is 1. The van der Waals surface area contributed by atoms with E-state index in [1.165, 1.54) is 15.9 Å². The van der Waals surface area contributed by atoms with E-state index in [4.69, 9.17) is 0 Å². The summed E-state index contributed by atoms with van der Waals surface area (Å²) in [6.07, 6.45) is 0. The fourth-order valence-corrected chi connectivity index (χ4v) is 3.57. The topological polar surface area (TPSA) is 80.3 Å². The molecule has 2 unspecified atom stereocenters. The number of rotatable bonds is 5. The molecule has 0 radical (unpaired) electrons. The van der Waals surface area contributed by atoms with Crippen molar-refractivity contribution < 1.29 is 30.9 Å². The monoisotopic (exact) mass is 406 g/mol. The van der Waals surface area contributed by atoms with Crippen molar-refractivity contribution in [2.24, 2.45) is 0 Å². The second-order valence-corrected chi connectivity index (χ2v) is 7.35. The Hall–Kier alpha value is -1.27. The van der Waals surface area contributed by atoms with Gasteiger partial charge in [-0.15, -0.1) is 0 Å². The first-order valence-electron chi connectivity index (χ1n) is 5.60. The van der Waals surface area contributed by atoms with E-state index in [1.54, 1.807) is 0 Å². The van der Waals surface area contributed by atoms with Crippen LogP contribution in [-0.4, -0.2) is 41.0 Å². The Morgan fingerprint density at radius 3 is 2.14 bits per heavy atom. The second kappa shape index (κ2) is 5.13. The number of benzene rings is 1. The maximum atomic E-state index is 13.4. The van der Waals surface area contributed by atoms with Crippen molar-refractivity contribution in [2.75, 3.05) is 6.54 Å². The molecule has 1 aromatic carbocycles. The maximum absolute atomic E-state index is 13.4. The van der Waals surface area contributed by atoms with Gasteiger partial charge in [-0.25, -0.2) is 8.42 Å². The van der Waals surface area contributed by atoms with Gasteiger partial charge >= 0.3 is 10.8 Å². The third-order valence-electron chi connectivity index (χ3n) is 3.02. The third-order valence-corrected chi connectivity index (χ3v) is 5.44. The van der Waals surface area contributed by atoms with E-state index >= 15 is 0 Å². The smallest absolute Gasteiger partial charge is 0.258 e. The largest absolute Gasteiger partial charge is 0.365 e. The average Bonchev–Trinajstić information content (AvgIpc) is 3.18. The number of halogens is 5. The summed E-state index contributed by atoms with van der Waals surface area (Å²) in [5.74, 6) is -4.58. The van der Waals surface area contributed by atoms with E-state index in [9.17, 15) is 36.1 Å². The minimum Gasteiger partial charge on any atom is -0.258 e. The van der Waals surface area contributed by atoms with Crippen LogP contribution in [0.4, 0.5) is 23.2 Å². The number of alkyl halides is 5. The van der Waals surface area contributed by atoms with Crippen molar-refractivity contribution in [3.8, 4) is 0 Å². The fraction of sp³-hybridized carbons (Fsp3) is 0.400. The van der Waals surface area contributed by atoms with E-state index in [0.29, 0.717) is 0 Å². The van der Waals surface area contributed by atoms with Crippen LogP contribution in [0.3, 0.4) is 0 Å². The number of hydrogen-bond donors (Lipinski definition) is 0. The van der Waals surface area contributed by atoms with Crippen LogP contribution in [0, 0.1) is 10.1 Å². The van der Waals surface area contributed by atoms with Gasteiger partial charge in [0.05, 0.1) is 9.82 Å². The Labute approximate surface area is 130 Å². The Morgan fingerprint density at radius 2 is 1.73 bits per heavy atom. The molecule has 1 aliphatic rings. The van der Waals surface area contributed by atoms with E-state index in [-0.39, 0.29) is 4.31 Å². The van der Waals surface area contributed by atoms with Gasteiger partial charge in [0.25, 0.3) is 5.69 Å². The third kappa shape index (κ3) is 2.82. The van der Waals surface area contributed by atoms with E-state index in [0.717, 1.165) is 24.3 Å². The summed E-state index contributed by atoms with van der Waals surface area (Å²) in [5, 5.41) is 10.5. The predicted molar refractivity (Wildman–Crippen MR) is 69.6 cm³/mol. The molecule has 12 heteroatoms. The van der Waals surface area contributed by atoms with Gasteiger partial charge in [0.15, 0.2) is 0 Å². The van der Waals surface area contributed by atoms with Gasteiger partial charge in [-0.1, -0.05) is 0 Å². The molecule has 1 aromatic rings. The number of nitro benzene ring substituents is 1. The molecule has 6 nitrogen and oxygen atoms in total. The quantitative estimate of drug-likeness (QED) is 0.247. The van der Waals surface area contributed by atoms with Crippen molar-refractivity contribution in [2.45, 2.75) is 21.7 Å². The Bertz CT molecular complexity index is 705. The number of non-ortho nitro benzene ring substituents is 1. The van der Waals surface area contributed by atoms with Gasteiger partial charge in [0.2, 0.25) is 10.0 Å². The highest BCUT2D eigenvalue weighted by atomic mass is 79.9. The molecular weight excluding hydrogens is 400 g/mol. The zero-order chi connectivity index (χ0) is 16.9. The average molecular weight is 407 g/mol. The first-order valence-corrected chi connectivity index (χ1v) is 7.83. The molecule has 1 heterocycles. The van der Waals surface area contributed by atoms with Crippen LogP contribution >= 0.6 is 15.9 Å². The zero-order valence-corrected chi connectivity index (χ0v) is 12.8. The van der Waals surface area contributed by atoms with Gasteiger partial charge in [-0.2, -0.15) is 21.9 Å². The minimum absolute atomic E-state index is 0.212. The number of hydrogen-bond acceptors (Lipinski definition) is 4. The summed E-state index contributed by atoms with van der Waals surface area (Å²) in [5.41, 5.74) is -0.390. The minimum atomic E-state index is -4.58. The number of nitrogens with zero attached hydrogens (tertiary/aromatic N) is 2. The molecule has 2 rings (SSSR count). The highest BCUT2D eigenvalue weighted by Crippen LogP contribution is 2.49. The van der Waals surface area contributed by atoms with Crippen LogP contribution in [-0.2, 0) is 10.0 Å². The lowest BCUT2D eigenvalue weighted by Gasteiger charge is -2.21. The Balaban J connectivity index is 2.25.